The van der Waals surface area contributed by atoms with Crippen molar-refractivity contribution in [2.24, 2.45) is 11.8 Å². The number of nitrogens with one attached hydrogen (secondary N) is 1. The zero-order valence-electron chi connectivity index (χ0n) is 21.5. The zero-order chi connectivity index (χ0) is 27.3. The molecule has 1 amide bonds. The number of benzene rings is 2. The minimum atomic E-state index is -4.47. The first-order chi connectivity index (χ1) is 18.2. The predicted octanol–water partition coefficient (Wildman–Crippen LogP) is 3.96. The van der Waals surface area contributed by atoms with Gasteiger partial charge in [-0.05, 0) is 61.6 Å². The van der Waals surface area contributed by atoms with E-state index in [1.807, 2.05) is 31.2 Å². The first kappa shape index (κ1) is 27.9. The summed E-state index contributed by atoms with van der Waals surface area (Å²) in [5.41, 5.74) is 0.199. The average molecular weight is 535 g/mol. The molecule has 1 unspecified atom stereocenters. The van der Waals surface area contributed by atoms with Gasteiger partial charge in [-0.3, -0.25) is 4.79 Å². The lowest BCUT2D eigenvalue weighted by molar-refractivity contribution is -0.156. The quantitative estimate of drug-likeness (QED) is 0.328. The van der Waals surface area contributed by atoms with Crippen LogP contribution < -0.4 is 10.1 Å². The van der Waals surface area contributed by atoms with Gasteiger partial charge in [0.15, 0.2) is 6.10 Å². The molecule has 4 rings (SSSR count). The van der Waals surface area contributed by atoms with Gasteiger partial charge in [0.2, 0.25) is 0 Å². The third kappa shape index (κ3) is 6.85. The van der Waals surface area contributed by atoms with Crippen molar-refractivity contribution in [1.82, 2.24) is 10.2 Å². The van der Waals surface area contributed by atoms with Crippen LogP contribution in [0, 0.1) is 11.8 Å². The minimum Gasteiger partial charge on any atom is -0.492 e. The number of rotatable bonds is 12. The van der Waals surface area contributed by atoms with Crippen molar-refractivity contribution in [2.75, 3.05) is 39.5 Å². The van der Waals surface area contributed by atoms with Crippen molar-refractivity contribution >= 4 is 11.9 Å². The van der Waals surface area contributed by atoms with Gasteiger partial charge in [-0.1, -0.05) is 18.2 Å². The van der Waals surface area contributed by atoms with Crippen LogP contribution in [0.25, 0.3) is 0 Å². The number of nitrogens with zero attached hydrogens (tertiary/aromatic N) is 1. The molecule has 10 heteroatoms. The highest BCUT2D eigenvalue weighted by Gasteiger charge is 2.56. The average Bonchev–Trinajstić information content (AvgIpc) is 3.34. The number of piperidine rings is 1. The zero-order valence-corrected chi connectivity index (χ0v) is 21.5. The van der Waals surface area contributed by atoms with Gasteiger partial charge in [0.25, 0.3) is 5.91 Å². The summed E-state index contributed by atoms with van der Waals surface area (Å²) in [6.07, 6.45) is -4.68. The van der Waals surface area contributed by atoms with Crippen LogP contribution in [-0.4, -0.2) is 68.4 Å². The highest BCUT2D eigenvalue weighted by Crippen LogP contribution is 2.45. The number of fused-ring (bicyclic) bond motifs is 1. The lowest BCUT2D eigenvalue weighted by atomic mass is 10.1. The monoisotopic (exact) mass is 534 g/mol. The molecule has 0 bridgehead atoms. The number of alkyl halides is 3. The van der Waals surface area contributed by atoms with Crippen molar-refractivity contribution in [3.8, 4) is 5.75 Å². The van der Waals surface area contributed by atoms with Gasteiger partial charge >= 0.3 is 12.1 Å². The number of carbonyl (C=O) groups is 2. The van der Waals surface area contributed by atoms with E-state index in [1.165, 1.54) is 12.1 Å². The SMILES string of the molecule is CCOC(=O)[C@H](Cc1ccc(OCCN[C@H]2C3CN(C(=O)c4cccc(C(F)(F)F)c4)C[C@@H]32)cc1)OCC. The highest BCUT2D eigenvalue weighted by atomic mass is 19.4. The van der Waals surface area contributed by atoms with E-state index < -0.39 is 17.8 Å². The van der Waals surface area contributed by atoms with Crippen LogP contribution in [-0.2, 0) is 26.9 Å². The van der Waals surface area contributed by atoms with E-state index >= 15 is 0 Å². The normalized spacial score (nSPS) is 21.1. The summed E-state index contributed by atoms with van der Waals surface area (Å²) in [7, 11) is 0. The number of hydrogen-bond acceptors (Lipinski definition) is 6. The molecule has 0 spiro atoms. The maximum Gasteiger partial charge on any atom is 0.416 e. The largest absolute Gasteiger partial charge is 0.492 e. The fourth-order valence-electron chi connectivity index (χ4n) is 4.98. The standard InChI is InChI=1S/C28H33F3N2O5/c1-3-36-24(27(35)37-4-2)14-18-8-10-21(11-9-18)38-13-12-32-25-22-16-33(17-23(22)25)26(34)19-6-5-7-20(15-19)28(29,30)31/h5-11,15,22-25,32H,3-4,12-14,16-17H2,1-2H3/t22-,23?,24-,25+/m0/s1. The Bertz CT molecular complexity index is 1100. The Morgan fingerprint density at radius 2 is 1.76 bits per heavy atom. The van der Waals surface area contributed by atoms with Crippen molar-refractivity contribution in [2.45, 2.75) is 38.6 Å². The lowest BCUT2D eigenvalue weighted by Gasteiger charge is -2.21. The first-order valence-electron chi connectivity index (χ1n) is 12.9. The number of carbonyl (C=O) groups excluding carboxylic acids is 2. The molecule has 1 saturated carbocycles. The molecule has 1 heterocycles. The van der Waals surface area contributed by atoms with E-state index in [9.17, 15) is 22.8 Å². The third-order valence-electron chi connectivity index (χ3n) is 6.93. The molecule has 2 aromatic rings. The lowest BCUT2D eigenvalue weighted by Crippen LogP contribution is -2.36. The fraction of sp³-hybridized carbons (Fsp3) is 0.500. The van der Waals surface area contributed by atoms with Gasteiger partial charge < -0.3 is 24.4 Å². The number of likely N-dealkylation sites (tertiary alicyclic amines) is 1. The van der Waals surface area contributed by atoms with Gasteiger partial charge in [0.05, 0.1) is 12.2 Å². The van der Waals surface area contributed by atoms with E-state index in [-0.39, 0.29) is 23.5 Å². The summed E-state index contributed by atoms with van der Waals surface area (Å²) >= 11 is 0. The second-order valence-electron chi connectivity index (χ2n) is 9.49. The molecule has 38 heavy (non-hydrogen) atoms. The van der Waals surface area contributed by atoms with E-state index in [1.54, 1.807) is 11.8 Å². The Labute approximate surface area is 220 Å². The van der Waals surface area contributed by atoms with Crippen LogP contribution in [0.1, 0.15) is 35.3 Å². The van der Waals surface area contributed by atoms with E-state index in [2.05, 4.69) is 5.32 Å². The third-order valence-corrected chi connectivity index (χ3v) is 6.93. The molecule has 1 aliphatic heterocycles. The van der Waals surface area contributed by atoms with Crippen molar-refractivity contribution in [1.29, 1.82) is 0 Å². The van der Waals surface area contributed by atoms with Gasteiger partial charge in [-0.25, -0.2) is 4.79 Å². The molecular weight excluding hydrogens is 501 g/mol. The smallest absolute Gasteiger partial charge is 0.416 e. The van der Waals surface area contributed by atoms with Crippen LogP contribution >= 0.6 is 0 Å². The molecule has 0 aromatic heterocycles. The summed E-state index contributed by atoms with van der Waals surface area (Å²) < 4.78 is 55.3. The Balaban J connectivity index is 1.16. The van der Waals surface area contributed by atoms with Crippen LogP contribution in [0.4, 0.5) is 13.2 Å². The number of ether oxygens (including phenoxy) is 3. The second kappa shape index (κ2) is 12.2. The van der Waals surface area contributed by atoms with Crippen molar-refractivity contribution < 1.29 is 37.0 Å². The summed E-state index contributed by atoms with van der Waals surface area (Å²) in [5.74, 6) is 0.606. The summed E-state index contributed by atoms with van der Waals surface area (Å²) in [5, 5.41) is 3.45. The van der Waals surface area contributed by atoms with Gasteiger partial charge in [0, 0.05) is 44.3 Å². The number of esters is 1. The molecule has 1 aliphatic carbocycles. The summed E-state index contributed by atoms with van der Waals surface area (Å²) in [4.78, 5) is 26.4. The molecule has 4 atom stereocenters. The maximum atomic E-state index is 13.0. The van der Waals surface area contributed by atoms with E-state index in [0.29, 0.717) is 63.5 Å². The molecule has 1 N–H and O–H groups in total. The first-order valence-corrected chi connectivity index (χ1v) is 12.9. The molecule has 2 aromatic carbocycles. The minimum absolute atomic E-state index is 0.0688. The van der Waals surface area contributed by atoms with Crippen LogP contribution in [0.2, 0.25) is 0 Å². The highest BCUT2D eigenvalue weighted by molar-refractivity contribution is 5.94. The molecule has 1 saturated heterocycles. The number of hydrogen-bond donors (Lipinski definition) is 1. The van der Waals surface area contributed by atoms with Crippen LogP contribution in [0.15, 0.2) is 48.5 Å². The molecular formula is C28H33F3N2O5. The molecule has 2 fully saturated rings. The maximum absolute atomic E-state index is 13.0. The predicted molar refractivity (Wildman–Crippen MR) is 134 cm³/mol. The molecule has 7 nitrogen and oxygen atoms in total. The van der Waals surface area contributed by atoms with E-state index in [4.69, 9.17) is 14.2 Å². The van der Waals surface area contributed by atoms with Gasteiger partial charge in [-0.2, -0.15) is 13.2 Å². The number of amides is 1. The summed E-state index contributed by atoms with van der Waals surface area (Å²) in [6, 6.07) is 12.4. The van der Waals surface area contributed by atoms with Crippen molar-refractivity contribution in [3.63, 3.8) is 0 Å². The Morgan fingerprint density at radius 1 is 1.05 bits per heavy atom. The molecule has 2 aliphatic rings. The molecule has 0 radical (unpaired) electrons. The Hall–Kier alpha value is -3.11. The van der Waals surface area contributed by atoms with Gasteiger partial charge in [0.1, 0.15) is 12.4 Å². The van der Waals surface area contributed by atoms with Crippen molar-refractivity contribution in [3.05, 3.63) is 65.2 Å². The second-order valence-corrected chi connectivity index (χ2v) is 9.49. The van der Waals surface area contributed by atoms with Crippen LogP contribution in [0.3, 0.4) is 0 Å². The van der Waals surface area contributed by atoms with Gasteiger partial charge in [-0.15, -0.1) is 0 Å². The Kier molecular flexibility index (Phi) is 8.94. The topological polar surface area (TPSA) is 77.1 Å². The molecule has 206 valence electrons. The van der Waals surface area contributed by atoms with E-state index in [0.717, 1.165) is 17.7 Å². The fourth-order valence-corrected chi connectivity index (χ4v) is 4.98. The Morgan fingerprint density at radius 3 is 2.39 bits per heavy atom. The van der Waals surface area contributed by atoms with Crippen LogP contribution in [0.5, 0.6) is 5.75 Å². The number of halogens is 3. The summed E-state index contributed by atoms with van der Waals surface area (Å²) in [6.45, 7) is 6.50.